The number of rotatable bonds is 4. The summed E-state index contributed by atoms with van der Waals surface area (Å²) >= 11 is 1.36. The summed E-state index contributed by atoms with van der Waals surface area (Å²) in [4.78, 5) is 24.2. The van der Waals surface area contributed by atoms with Crippen LogP contribution < -0.4 is 5.32 Å². The molecule has 0 aliphatic heterocycles. The molecular weight excluding hydrogens is 290 g/mol. The first-order chi connectivity index (χ1) is 10.1. The largest absolute Gasteiger partial charge is 0.465 e. The molecule has 1 aliphatic carbocycles. The van der Waals surface area contributed by atoms with Crippen molar-refractivity contribution in [2.24, 2.45) is 7.05 Å². The number of aromatic nitrogens is 2. The van der Waals surface area contributed by atoms with Crippen molar-refractivity contribution >= 4 is 28.2 Å². The van der Waals surface area contributed by atoms with Gasteiger partial charge in [0.05, 0.1) is 12.7 Å². The number of carbonyl (C=O) groups excluding carboxylic acids is 2. The van der Waals surface area contributed by atoms with Crippen LogP contribution in [0, 0.1) is 0 Å². The van der Waals surface area contributed by atoms with Gasteiger partial charge in [-0.25, -0.2) is 4.79 Å². The van der Waals surface area contributed by atoms with Crippen molar-refractivity contribution in [3.05, 3.63) is 34.5 Å². The molecule has 0 radical (unpaired) electrons. The summed E-state index contributed by atoms with van der Waals surface area (Å²) in [6.07, 6.45) is 3.71. The van der Waals surface area contributed by atoms with Crippen LogP contribution in [0.4, 0.5) is 5.00 Å². The third-order valence-electron chi connectivity index (χ3n) is 3.51. The molecule has 1 N–H and O–H groups in total. The van der Waals surface area contributed by atoms with E-state index in [9.17, 15) is 9.59 Å². The molecule has 6 nitrogen and oxygen atoms in total. The van der Waals surface area contributed by atoms with Crippen LogP contribution in [-0.2, 0) is 11.8 Å². The van der Waals surface area contributed by atoms with Crippen molar-refractivity contribution in [2.45, 2.75) is 18.8 Å². The highest BCUT2D eigenvalue weighted by Crippen LogP contribution is 2.46. The zero-order chi connectivity index (χ0) is 15.0. The highest BCUT2D eigenvalue weighted by Gasteiger charge is 2.32. The molecule has 2 aromatic heterocycles. The minimum Gasteiger partial charge on any atom is -0.465 e. The Kier molecular flexibility index (Phi) is 3.50. The second-order valence-electron chi connectivity index (χ2n) is 4.96. The fourth-order valence-corrected chi connectivity index (χ4v) is 3.26. The number of anilines is 1. The van der Waals surface area contributed by atoms with Crippen LogP contribution in [0.5, 0.6) is 0 Å². The van der Waals surface area contributed by atoms with Crippen LogP contribution in [0.1, 0.15) is 45.2 Å². The predicted molar refractivity (Wildman–Crippen MR) is 78.8 cm³/mol. The predicted octanol–water partition coefficient (Wildman–Crippen LogP) is 2.40. The van der Waals surface area contributed by atoms with Crippen molar-refractivity contribution in [1.29, 1.82) is 0 Å². The average Bonchev–Trinajstić information content (AvgIpc) is 3.10. The number of carbonyl (C=O) groups is 2. The Morgan fingerprint density at radius 1 is 1.48 bits per heavy atom. The molecule has 2 heterocycles. The number of amides is 1. The first kappa shape index (κ1) is 13.8. The molecule has 1 amide bonds. The Balaban J connectivity index is 1.90. The standard InChI is InChI=1S/C14H15N3O3S/c1-17-10(5-6-15-17)12(18)16-13-11(14(19)20-2)9(7-21-13)8-3-4-8/h5-8H,3-4H2,1-2H3,(H,16,18). The van der Waals surface area contributed by atoms with Gasteiger partial charge in [-0.3, -0.25) is 9.48 Å². The summed E-state index contributed by atoms with van der Waals surface area (Å²) < 4.78 is 6.34. The molecule has 7 heteroatoms. The number of hydrogen-bond donors (Lipinski definition) is 1. The van der Waals surface area contributed by atoms with E-state index in [4.69, 9.17) is 4.74 Å². The first-order valence-corrected chi connectivity index (χ1v) is 7.48. The maximum atomic E-state index is 12.2. The van der Waals surface area contributed by atoms with E-state index in [1.54, 1.807) is 19.3 Å². The van der Waals surface area contributed by atoms with Gasteiger partial charge in [-0.15, -0.1) is 11.3 Å². The van der Waals surface area contributed by atoms with Gasteiger partial charge in [0.1, 0.15) is 10.7 Å². The summed E-state index contributed by atoms with van der Waals surface area (Å²) in [5, 5.41) is 9.22. The van der Waals surface area contributed by atoms with Crippen molar-refractivity contribution in [2.75, 3.05) is 12.4 Å². The van der Waals surface area contributed by atoms with E-state index in [0.717, 1.165) is 18.4 Å². The lowest BCUT2D eigenvalue weighted by Crippen LogP contribution is -2.17. The average molecular weight is 305 g/mol. The Morgan fingerprint density at radius 2 is 2.24 bits per heavy atom. The number of hydrogen-bond acceptors (Lipinski definition) is 5. The maximum absolute atomic E-state index is 12.2. The third-order valence-corrected chi connectivity index (χ3v) is 4.42. The number of methoxy groups -OCH3 is 1. The van der Waals surface area contributed by atoms with E-state index in [0.29, 0.717) is 22.2 Å². The third kappa shape index (κ3) is 2.56. The Hall–Kier alpha value is -2.15. The Labute approximate surface area is 125 Å². The molecule has 0 atom stereocenters. The molecule has 0 bridgehead atoms. The lowest BCUT2D eigenvalue weighted by molar-refractivity contribution is 0.0601. The Bertz CT molecular complexity index is 700. The van der Waals surface area contributed by atoms with Crippen LogP contribution in [0.25, 0.3) is 0 Å². The lowest BCUT2D eigenvalue weighted by Gasteiger charge is -2.07. The van der Waals surface area contributed by atoms with Crippen molar-refractivity contribution in [1.82, 2.24) is 9.78 Å². The van der Waals surface area contributed by atoms with Crippen LogP contribution in [0.15, 0.2) is 17.6 Å². The number of nitrogens with zero attached hydrogens (tertiary/aromatic N) is 2. The quantitative estimate of drug-likeness (QED) is 0.880. The molecule has 3 rings (SSSR count). The van der Waals surface area contributed by atoms with Gasteiger partial charge in [0.25, 0.3) is 5.91 Å². The molecule has 0 aromatic carbocycles. The minimum atomic E-state index is -0.404. The molecule has 21 heavy (non-hydrogen) atoms. The van der Waals surface area contributed by atoms with E-state index >= 15 is 0 Å². The van der Waals surface area contributed by atoms with Gasteiger partial charge in [-0.1, -0.05) is 0 Å². The summed E-state index contributed by atoms with van der Waals surface area (Å²) in [7, 11) is 3.05. The minimum absolute atomic E-state index is 0.288. The second-order valence-corrected chi connectivity index (χ2v) is 5.83. The number of thiophene rings is 1. The molecule has 2 aromatic rings. The summed E-state index contributed by atoms with van der Waals surface area (Å²) in [5.41, 5.74) is 1.90. The molecule has 0 unspecified atom stereocenters. The van der Waals surface area contributed by atoms with E-state index in [1.807, 2.05) is 5.38 Å². The maximum Gasteiger partial charge on any atom is 0.341 e. The zero-order valence-corrected chi connectivity index (χ0v) is 12.6. The van der Waals surface area contributed by atoms with Crippen LogP contribution >= 0.6 is 11.3 Å². The molecule has 1 aliphatic rings. The molecular formula is C14H15N3O3S. The van der Waals surface area contributed by atoms with Gasteiger partial charge in [0.15, 0.2) is 0 Å². The lowest BCUT2D eigenvalue weighted by atomic mass is 10.1. The van der Waals surface area contributed by atoms with Crippen LogP contribution in [0.2, 0.25) is 0 Å². The normalized spacial score (nSPS) is 14.0. The van der Waals surface area contributed by atoms with E-state index in [-0.39, 0.29) is 5.91 Å². The topological polar surface area (TPSA) is 73.2 Å². The van der Waals surface area contributed by atoms with Gasteiger partial charge < -0.3 is 10.1 Å². The molecule has 0 spiro atoms. The number of nitrogens with one attached hydrogen (secondary N) is 1. The fraction of sp³-hybridized carbons (Fsp3) is 0.357. The summed E-state index contributed by atoms with van der Waals surface area (Å²) in [6.45, 7) is 0. The van der Waals surface area contributed by atoms with Gasteiger partial charge >= 0.3 is 5.97 Å². The van der Waals surface area contributed by atoms with Crippen LogP contribution in [-0.4, -0.2) is 28.8 Å². The van der Waals surface area contributed by atoms with Gasteiger partial charge in [0, 0.05) is 13.2 Å². The molecule has 110 valence electrons. The van der Waals surface area contributed by atoms with Gasteiger partial charge in [0.2, 0.25) is 0 Å². The molecule has 1 saturated carbocycles. The van der Waals surface area contributed by atoms with Crippen molar-refractivity contribution in [3.63, 3.8) is 0 Å². The van der Waals surface area contributed by atoms with Crippen molar-refractivity contribution < 1.29 is 14.3 Å². The number of aryl methyl sites for hydroxylation is 1. The monoisotopic (exact) mass is 305 g/mol. The fourth-order valence-electron chi connectivity index (χ4n) is 2.23. The molecule has 1 fully saturated rings. The van der Waals surface area contributed by atoms with E-state index in [2.05, 4.69) is 10.4 Å². The van der Waals surface area contributed by atoms with Gasteiger partial charge in [-0.2, -0.15) is 5.10 Å². The highest BCUT2D eigenvalue weighted by atomic mass is 32.1. The summed E-state index contributed by atoms with van der Waals surface area (Å²) in [5.74, 6) is -0.277. The van der Waals surface area contributed by atoms with Crippen molar-refractivity contribution in [3.8, 4) is 0 Å². The first-order valence-electron chi connectivity index (χ1n) is 6.61. The summed E-state index contributed by atoms with van der Waals surface area (Å²) in [6, 6.07) is 1.63. The Morgan fingerprint density at radius 3 is 2.81 bits per heavy atom. The zero-order valence-electron chi connectivity index (χ0n) is 11.8. The number of ether oxygens (including phenoxy) is 1. The number of esters is 1. The molecule has 0 saturated heterocycles. The van der Waals surface area contributed by atoms with E-state index in [1.165, 1.54) is 23.1 Å². The van der Waals surface area contributed by atoms with E-state index < -0.39 is 5.97 Å². The van der Waals surface area contributed by atoms with Crippen LogP contribution in [0.3, 0.4) is 0 Å². The highest BCUT2D eigenvalue weighted by molar-refractivity contribution is 7.15. The smallest absolute Gasteiger partial charge is 0.341 e. The van der Waals surface area contributed by atoms with Gasteiger partial charge in [-0.05, 0) is 35.8 Å². The SMILES string of the molecule is COC(=O)c1c(C2CC2)csc1NC(=O)c1ccnn1C. The second kappa shape index (κ2) is 5.33.